The molecule has 1 aromatic heterocycles. The maximum Gasteiger partial charge on any atom is 0.324 e. The summed E-state index contributed by atoms with van der Waals surface area (Å²) in [5, 5.41) is 14.1. The van der Waals surface area contributed by atoms with Crippen LogP contribution in [0.25, 0.3) is 0 Å². The normalized spacial score (nSPS) is 24.5. The van der Waals surface area contributed by atoms with Gasteiger partial charge in [-0.2, -0.15) is 0 Å². The fraction of sp³-hybridized carbons (Fsp3) is 0.647. The van der Waals surface area contributed by atoms with E-state index in [2.05, 4.69) is 5.32 Å². The fourth-order valence-electron chi connectivity index (χ4n) is 4.22. The van der Waals surface area contributed by atoms with Gasteiger partial charge in [0.25, 0.3) is 5.91 Å². The predicted molar refractivity (Wildman–Crippen MR) is 96.1 cm³/mol. The third kappa shape index (κ3) is 3.09. The van der Waals surface area contributed by atoms with Crippen molar-refractivity contribution in [1.29, 1.82) is 0 Å². The lowest BCUT2D eigenvalue weighted by Crippen LogP contribution is -2.51. The van der Waals surface area contributed by atoms with Crippen molar-refractivity contribution in [1.82, 2.24) is 15.1 Å². The lowest BCUT2D eigenvalue weighted by atomic mass is 9.91. The van der Waals surface area contributed by atoms with Gasteiger partial charge >= 0.3 is 5.00 Å². The van der Waals surface area contributed by atoms with Crippen molar-refractivity contribution in [3.05, 3.63) is 27.1 Å². The Hall–Kier alpha value is -2.00. The van der Waals surface area contributed by atoms with Crippen LogP contribution in [-0.4, -0.2) is 65.8 Å². The van der Waals surface area contributed by atoms with E-state index in [-0.39, 0.29) is 28.1 Å². The summed E-state index contributed by atoms with van der Waals surface area (Å²) in [6.45, 7) is 4.05. The van der Waals surface area contributed by atoms with E-state index < -0.39 is 4.92 Å². The zero-order chi connectivity index (χ0) is 18.3. The van der Waals surface area contributed by atoms with E-state index in [1.165, 1.54) is 12.1 Å². The maximum absolute atomic E-state index is 12.8. The molecule has 2 aliphatic heterocycles. The molecule has 2 saturated heterocycles. The highest BCUT2D eigenvalue weighted by molar-refractivity contribution is 7.17. The monoisotopic (exact) mass is 378 g/mol. The van der Waals surface area contributed by atoms with Crippen LogP contribution >= 0.6 is 11.3 Å². The van der Waals surface area contributed by atoms with E-state index in [1.54, 1.807) is 4.90 Å². The van der Waals surface area contributed by atoms with Gasteiger partial charge < -0.3 is 15.1 Å². The van der Waals surface area contributed by atoms with Crippen LogP contribution < -0.4 is 5.32 Å². The van der Waals surface area contributed by atoms with Crippen LogP contribution in [0, 0.1) is 21.4 Å². The molecule has 1 spiro atoms. The molecule has 1 saturated carbocycles. The molecule has 1 aliphatic carbocycles. The van der Waals surface area contributed by atoms with E-state index in [0.717, 1.165) is 43.7 Å². The predicted octanol–water partition coefficient (Wildman–Crippen LogP) is 1.33. The summed E-state index contributed by atoms with van der Waals surface area (Å²) in [6.07, 6.45) is 3.17. The number of rotatable bonds is 3. The topological polar surface area (TPSA) is 95.8 Å². The van der Waals surface area contributed by atoms with Gasteiger partial charge in [-0.25, -0.2) is 0 Å². The van der Waals surface area contributed by atoms with Gasteiger partial charge in [-0.15, -0.1) is 0 Å². The number of hydrogen-bond acceptors (Lipinski definition) is 6. The van der Waals surface area contributed by atoms with Crippen molar-refractivity contribution < 1.29 is 14.5 Å². The Kier molecular flexibility index (Phi) is 4.44. The third-order valence-electron chi connectivity index (χ3n) is 5.95. The molecule has 1 unspecified atom stereocenters. The summed E-state index contributed by atoms with van der Waals surface area (Å²) >= 11 is 0.903. The van der Waals surface area contributed by atoms with Crippen molar-refractivity contribution in [2.45, 2.75) is 19.3 Å². The fourth-order valence-corrected chi connectivity index (χ4v) is 5.01. The molecular weight excluding hydrogens is 356 g/mol. The summed E-state index contributed by atoms with van der Waals surface area (Å²) in [4.78, 5) is 39.5. The smallest absolute Gasteiger partial charge is 0.324 e. The molecule has 3 aliphatic rings. The van der Waals surface area contributed by atoms with Gasteiger partial charge in [0.15, 0.2) is 0 Å². The van der Waals surface area contributed by atoms with Crippen molar-refractivity contribution >= 4 is 28.2 Å². The number of nitrogens with one attached hydrogen (secondary N) is 1. The number of carbonyl (C=O) groups excluding carboxylic acids is 2. The highest BCUT2D eigenvalue weighted by Gasteiger charge is 2.58. The number of nitro groups is 1. The van der Waals surface area contributed by atoms with Crippen LogP contribution in [0.2, 0.25) is 0 Å². The molecule has 2 amide bonds. The SMILES string of the molecule is O=C(c1ccc([N+](=O)[O-])s1)N1CCN(C(=O)C2CC23CCNCC3)CC1. The van der Waals surface area contributed by atoms with Gasteiger partial charge in [0.05, 0.1) is 9.80 Å². The van der Waals surface area contributed by atoms with Gasteiger partial charge in [0.1, 0.15) is 0 Å². The largest absolute Gasteiger partial charge is 0.339 e. The van der Waals surface area contributed by atoms with Crippen LogP contribution in [0.4, 0.5) is 5.00 Å². The van der Waals surface area contributed by atoms with Crippen LogP contribution in [0.15, 0.2) is 12.1 Å². The Labute approximate surface area is 155 Å². The second-order valence-corrected chi connectivity index (χ2v) is 8.44. The zero-order valence-electron chi connectivity index (χ0n) is 14.5. The minimum absolute atomic E-state index is 0.0248. The minimum Gasteiger partial charge on any atom is -0.339 e. The summed E-state index contributed by atoms with van der Waals surface area (Å²) in [7, 11) is 0. The Morgan fingerprint density at radius 2 is 1.81 bits per heavy atom. The average Bonchev–Trinajstić information content (AvgIpc) is 3.11. The lowest BCUT2D eigenvalue weighted by Gasteiger charge is -2.35. The highest BCUT2D eigenvalue weighted by atomic mass is 32.1. The lowest BCUT2D eigenvalue weighted by molar-refractivity contribution is -0.380. The molecule has 0 radical (unpaired) electrons. The zero-order valence-corrected chi connectivity index (χ0v) is 15.3. The molecule has 1 atom stereocenters. The van der Waals surface area contributed by atoms with Gasteiger partial charge in [0.2, 0.25) is 5.91 Å². The number of piperidine rings is 1. The third-order valence-corrected chi connectivity index (χ3v) is 6.97. The average molecular weight is 378 g/mol. The number of hydrogen-bond donors (Lipinski definition) is 1. The van der Waals surface area contributed by atoms with Crippen LogP contribution in [0.1, 0.15) is 28.9 Å². The molecular formula is C17H22N4O4S. The van der Waals surface area contributed by atoms with E-state index >= 15 is 0 Å². The van der Waals surface area contributed by atoms with E-state index in [0.29, 0.717) is 31.1 Å². The van der Waals surface area contributed by atoms with E-state index in [1.807, 2.05) is 4.90 Å². The van der Waals surface area contributed by atoms with Crippen molar-refractivity contribution in [2.24, 2.45) is 11.3 Å². The van der Waals surface area contributed by atoms with E-state index in [4.69, 9.17) is 0 Å². The van der Waals surface area contributed by atoms with Crippen molar-refractivity contribution in [3.8, 4) is 0 Å². The highest BCUT2D eigenvalue weighted by Crippen LogP contribution is 2.59. The molecule has 0 aromatic carbocycles. The van der Waals surface area contributed by atoms with Gasteiger partial charge in [-0.1, -0.05) is 11.3 Å². The molecule has 26 heavy (non-hydrogen) atoms. The Morgan fingerprint density at radius 1 is 1.15 bits per heavy atom. The molecule has 3 heterocycles. The van der Waals surface area contributed by atoms with Crippen LogP contribution in [-0.2, 0) is 4.79 Å². The van der Waals surface area contributed by atoms with Gasteiger partial charge in [0, 0.05) is 38.2 Å². The van der Waals surface area contributed by atoms with E-state index in [9.17, 15) is 19.7 Å². The standard InChI is InChI=1S/C17H22N4O4S/c22-15(12-11-17(12)3-5-18-6-4-17)19-7-9-20(10-8-19)16(23)13-1-2-14(26-13)21(24)25/h1-2,12,18H,3-11H2. The molecule has 0 bridgehead atoms. The van der Waals surface area contributed by atoms with Gasteiger partial charge in [-0.05, 0) is 43.8 Å². The summed E-state index contributed by atoms with van der Waals surface area (Å²) in [6, 6.07) is 2.87. The summed E-state index contributed by atoms with van der Waals surface area (Å²) < 4.78 is 0. The summed E-state index contributed by atoms with van der Waals surface area (Å²) in [5.74, 6) is 0.217. The second-order valence-electron chi connectivity index (χ2n) is 7.38. The number of amides is 2. The molecule has 8 nitrogen and oxygen atoms in total. The van der Waals surface area contributed by atoms with Crippen LogP contribution in [0.3, 0.4) is 0 Å². The molecule has 140 valence electrons. The Balaban J connectivity index is 1.32. The Morgan fingerprint density at radius 3 is 2.42 bits per heavy atom. The first-order valence-electron chi connectivity index (χ1n) is 9.03. The van der Waals surface area contributed by atoms with Crippen molar-refractivity contribution in [3.63, 3.8) is 0 Å². The first kappa shape index (κ1) is 17.4. The molecule has 4 rings (SSSR count). The first-order valence-corrected chi connectivity index (χ1v) is 9.85. The maximum atomic E-state index is 12.8. The minimum atomic E-state index is -0.482. The number of piperazine rings is 1. The van der Waals surface area contributed by atoms with Gasteiger partial charge in [-0.3, -0.25) is 19.7 Å². The molecule has 3 fully saturated rings. The summed E-state index contributed by atoms with van der Waals surface area (Å²) in [5.41, 5.74) is 0.227. The first-order chi connectivity index (χ1) is 12.5. The Bertz CT molecular complexity index is 735. The second kappa shape index (κ2) is 6.62. The molecule has 1 aromatic rings. The molecule has 1 N–H and O–H groups in total. The quantitative estimate of drug-likeness (QED) is 0.632. The van der Waals surface area contributed by atoms with Crippen molar-refractivity contribution in [2.75, 3.05) is 39.3 Å². The number of thiophene rings is 1. The van der Waals surface area contributed by atoms with Crippen LogP contribution in [0.5, 0.6) is 0 Å². The molecule has 9 heteroatoms. The number of nitrogens with zero attached hydrogens (tertiary/aromatic N) is 3. The number of carbonyl (C=O) groups is 2.